The molecule has 0 spiro atoms. The van der Waals surface area contributed by atoms with E-state index < -0.39 is 321 Å². The van der Waals surface area contributed by atoms with Gasteiger partial charge in [-0.15, -0.1) is 0 Å². The van der Waals surface area contributed by atoms with Crippen LogP contribution in [0.15, 0.2) is 48.5 Å². The number of hydrogen-bond donors (Lipinski definition) is 24. The third-order valence-electron chi connectivity index (χ3n) is 19.8. The molecule has 46 heteroatoms. The minimum absolute atomic E-state index is 0. The summed E-state index contributed by atoms with van der Waals surface area (Å²) in [6.07, 6.45) is -84.7. The van der Waals surface area contributed by atoms with Gasteiger partial charge in [0.15, 0.2) is 50.3 Å². The molecule has 44 nitrogen and oxygen atoms in total. The molecule has 2 aromatic carbocycles. The molecule has 30 fully saturated rings. The molecular weight excluding hydrogens is 1490 g/mol. The van der Waals surface area contributed by atoms with Crippen LogP contribution < -0.4 is 80.0 Å². The van der Waals surface area contributed by atoms with Crippen molar-refractivity contribution in [1.29, 1.82) is 0 Å². The number of benzene rings is 2. The van der Waals surface area contributed by atoms with E-state index in [1.54, 1.807) is 0 Å². The molecule has 40 atom stereocenters. The van der Waals surface area contributed by atoms with Crippen LogP contribution in [-0.4, -0.2) is 423 Å². The standard InChI is InChI=1S/C62H90N2O42.2Na/c65-11-23-47-31(73)39(81)57(93-23)99-45-21(9-63-19-7-3-1-5-17(19)53(87)88)92-56(38(80)30(45)72)102-48-24(12-66)95-59(41(83)33(48)75)104-50-26(14-68)97-61(43(85)35(50)77)106-52-28(16-70)98-62(44(86)36(52)78)105-51-27(15-69)96-60(42(84)34(51)76)103-49-25(13-67)94-58(40(82)32(49)74)100-46-22(91-55(101-47)37(79)29(46)71)10-64-20-8-4-2-6-18(20)54(89)90;;/h1-8,21-52,55-86H,9-16H2,(H,87,88)(H,89,90);;/q;2*+1/p-2/t21-,22-,23-,24-,25-,26-,27-,28-,29-,30-,31-,32-,33-,34-,35-,36-,37-,38-,39-,40-,41-,42-,43-,44-,45-,46-,47-,48-,49-,50-,51-,52-,55-,56-,57-,58-,59-,60-,61-,62-;;/m1../s1. The van der Waals surface area contributed by atoms with Crippen molar-refractivity contribution in [3.63, 3.8) is 0 Å². The third kappa shape index (κ3) is 18.6. The topological polar surface area (TPSA) is 697 Å². The van der Waals surface area contributed by atoms with E-state index in [9.17, 15) is 132 Å². The van der Waals surface area contributed by atoms with Gasteiger partial charge in [0.25, 0.3) is 0 Å². The molecule has 16 bridgehead atoms. The average Bonchev–Trinajstić information content (AvgIpc) is 0.781. The number of aliphatic hydroxyl groups excluding tert-OH is 22. The Labute approximate surface area is 655 Å². The fourth-order valence-electron chi connectivity index (χ4n) is 14.0. The van der Waals surface area contributed by atoms with Crippen molar-refractivity contribution in [3.05, 3.63) is 59.7 Å². The minimum Gasteiger partial charge on any atom is -0.545 e. The van der Waals surface area contributed by atoms with Crippen LogP contribution in [0.2, 0.25) is 0 Å². The zero-order chi connectivity index (χ0) is 76.6. The van der Waals surface area contributed by atoms with Gasteiger partial charge in [-0.1, -0.05) is 36.4 Å². The predicted octanol–water partition coefficient (Wildman–Crippen LogP) is -22.4. The van der Waals surface area contributed by atoms with E-state index in [-0.39, 0.29) is 70.5 Å². The van der Waals surface area contributed by atoms with E-state index in [4.69, 9.17) is 75.8 Å². The molecule has 0 aromatic heterocycles. The van der Waals surface area contributed by atoms with Crippen LogP contribution in [0.3, 0.4) is 0 Å². The van der Waals surface area contributed by atoms with Gasteiger partial charge in [0.2, 0.25) is 0 Å². The van der Waals surface area contributed by atoms with Crippen molar-refractivity contribution in [2.45, 2.75) is 246 Å². The largest absolute Gasteiger partial charge is 1.00 e. The fourth-order valence-corrected chi connectivity index (χ4v) is 14.0. The average molecular weight is 1580 g/mol. The first-order valence-electron chi connectivity index (χ1n) is 33.7. The molecule has 0 radical (unpaired) electrons. The van der Waals surface area contributed by atoms with Crippen molar-refractivity contribution in [3.8, 4) is 0 Å². The Balaban J connectivity index is 0.00000673. The summed E-state index contributed by atoms with van der Waals surface area (Å²) in [5.41, 5.74) is -1.10. The SMILES string of the molecule is O=C([O-])c1ccccc1NC[C@H]1O[C@@H]2O[C@H]3[C@H](O)[C@@H](O)[C@@H](O[C@H]4[C@H](O)[C@@H](O)[C@@H](O[C@H]5[C@H](O)[C@@H](O)[C@@H](O[C@H]6[C@H](O)[C@@H](O)[C@@H](O[C@H]7[C@H](O)[C@@H](O)[C@@H](O[C@H]8[C@H](O)[C@@H](O)[C@@H](O[C@H]9[C@H](O)[C@@H](O)[C@@H](O[C@H]1[C@H](O)[C@H]2O)O[C@@H]9CO)O[C@@H]8CNc1ccccc1C(=O)[O-])O[C@@H]7CO)O[C@@H]6CO)O[C@@H]5CO)O[C@@H]4CO)O[C@@H]3CO.[Na+].[Na+]. The number of rotatable bonds is 14. The zero-order valence-electron chi connectivity index (χ0n) is 57.4. The summed E-state index contributed by atoms with van der Waals surface area (Å²) in [6, 6.07) is 10.4. The van der Waals surface area contributed by atoms with Gasteiger partial charge in [-0.3, -0.25) is 0 Å². The van der Waals surface area contributed by atoms with E-state index in [0.29, 0.717) is 0 Å². The van der Waals surface area contributed by atoms with Crippen molar-refractivity contribution in [1.82, 2.24) is 0 Å². The van der Waals surface area contributed by atoms with E-state index in [1.807, 2.05) is 0 Å². The van der Waals surface area contributed by atoms with Gasteiger partial charge in [0, 0.05) is 35.6 Å². The van der Waals surface area contributed by atoms with Crippen molar-refractivity contribution < 1.29 is 267 Å². The summed E-state index contributed by atoms with van der Waals surface area (Å²) in [4.78, 5) is 24.4. The zero-order valence-corrected chi connectivity index (χ0v) is 61.4. The van der Waals surface area contributed by atoms with E-state index in [2.05, 4.69) is 10.6 Å². The second-order valence-electron chi connectivity index (χ2n) is 26.5. The van der Waals surface area contributed by atoms with Crippen molar-refractivity contribution >= 4 is 23.3 Å². The Hall–Kier alpha value is -2.54. The summed E-state index contributed by atoms with van der Waals surface area (Å²) in [6.45, 7) is -8.09. The first kappa shape index (κ1) is 89.4. The molecule has 30 heterocycles. The Kier molecular flexibility index (Phi) is 32.2. The number of hydrogen-bond acceptors (Lipinski definition) is 44. The Morgan fingerprint density at radius 1 is 0.259 bits per heavy atom. The quantitative estimate of drug-likeness (QED) is 0.0781. The molecule has 32 rings (SSSR count). The van der Waals surface area contributed by atoms with Crippen LogP contribution >= 0.6 is 0 Å². The number of ether oxygens (including phenoxy) is 16. The van der Waals surface area contributed by atoms with E-state index in [1.165, 1.54) is 36.4 Å². The van der Waals surface area contributed by atoms with Crippen molar-refractivity contribution in [2.75, 3.05) is 63.4 Å². The van der Waals surface area contributed by atoms with Gasteiger partial charge < -0.3 is 219 Å². The molecule has 30 aliphatic heterocycles. The summed E-state index contributed by atoms with van der Waals surface area (Å²) in [7, 11) is 0. The second-order valence-corrected chi connectivity index (χ2v) is 26.5. The van der Waals surface area contributed by atoms with Crippen LogP contribution in [0.25, 0.3) is 0 Å². The van der Waals surface area contributed by atoms with Gasteiger partial charge in [-0.05, 0) is 12.1 Å². The molecule has 24 N–H and O–H groups in total. The summed E-state index contributed by atoms with van der Waals surface area (Å²) >= 11 is 0. The van der Waals surface area contributed by atoms with E-state index >= 15 is 0 Å². The molecule has 0 saturated carbocycles. The van der Waals surface area contributed by atoms with Crippen molar-refractivity contribution in [2.24, 2.45) is 0 Å². The van der Waals surface area contributed by atoms with Gasteiger partial charge in [-0.25, -0.2) is 0 Å². The number of carboxylic acids is 2. The number of carbonyl (C=O) groups excluding carboxylic acids is 2. The molecule has 2 aromatic rings. The van der Waals surface area contributed by atoms with Gasteiger partial charge in [-0.2, -0.15) is 0 Å². The smallest absolute Gasteiger partial charge is 0.545 e. The number of aliphatic hydroxyl groups is 22. The maximum absolute atomic E-state index is 12.2. The molecular formula is C62H88N2Na2O42. The fraction of sp³-hybridized carbons (Fsp3) is 0.774. The summed E-state index contributed by atoms with van der Waals surface area (Å²) < 4.78 is 94.0. The summed E-state index contributed by atoms with van der Waals surface area (Å²) in [5, 5.41) is 281. The number of para-hydroxylation sites is 2. The molecule has 30 aliphatic rings. The molecule has 30 saturated heterocycles. The van der Waals surface area contributed by atoms with Crippen LogP contribution in [-0.2, 0) is 75.8 Å². The summed E-state index contributed by atoms with van der Waals surface area (Å²) in [5.74, 6) is -3.35. The molecule has 0 unspecified atom stereocenters. The van der Waals surface area contributed by atoms with E-state index in [0.717, 1.165) is 12.1 Å². The number of carboxylic acid groups (broad SMARTS) is 2. The number of carbonyl (C=O) groups is 2. The van der Waals surface area contributed by atoms with Gasteiger partial charge >= 0.3 is 59.1 Å². The number of nitrogens with one attached hydrogen (secondary N) is 2. The van der Waals surface area contributed by atoms with Crippen LogP contribution in [0, 0.1) is 0 Å². The normalized spacial score (nSPS) is 46.9. The van der Waals surface area contributed by atoms with Crippen LogP contribution in [0.5, 0.6) is 0 Å². The molecule has 108 heavy (non-hydrogen) atoms. The maximum Gasteiger partial charge on any atom is 1.00 e. The van der Waals surface area contributed by atoms with Gasteiger partial charge in [0.05, 0.1) is 51.6 Å². The van der Waals surface area contributed by atoms with Crippen LogP contribution in [0.4, 0.5) is 11.4 Å². The van der Waals surface area contributed by atoms with Gasteiger partial charge in [0.1, 0.15) is 195 Å². The number of anilines is 2. The molecule has 600 valence electrons. The first-order valence-corrected chi connectivity index (χ1v) is 33.7. The Morgan fingerprint density at radius 2 is 0.417 bits per heavy atom. The third-order valence-corrected chi connectivity index (χ3v) is 19.8. The first-order chi connectivity index (χ1) is 50.6. The Bertz CT molecular complexity index is 3100. The molecule has 0 aliphatic carbocycles. The van der Waals surface area contributed by atoms with Crippen LogP contribution in [0.1, 0.15) is 20.7 Å². The number of aromatic carboxylic acids is 2. The monoisotopic (exact) mass is 1580 g/mol. The maximum atomic E-state index is 12.2. The molecule has 0 amide bonds. The predicted molar refractivity (Wildman–Crippen MR) is 325 cm³/mol. The Morgan fingerprint density at radius 3 is 0.583 bits per heavy atom. The second kappa shape index (κ2) is 38.9. The minimum atomic E-state index is -2.36.